The van der Waals surface area contributed by atoms with Gasteiger partial charge in [-0.05, 0) is 38.1 Å². The van der Waals surface area contributed by atoms with E-state index in [0.29, 0.717) is 50.3 Å². The van der Waals surface area contributed by atoms with Gasteiger partial charge in [-0.25, -0.2) is 13.4 Å². The van der Waals surface area contributed by atoms with Crippen molar-refractivity contribution in [2.24, 2.45) is 0 Å². The number of pyridine rings is 1. The summed E-state index contributed by atoms with van der Waals surface area (Å²) in [6, 6.07) is 11.1. The molecule has 2 aliphatic heterocycles. The van der Waals surface area contributed by atoms with Gasteiger partial charge in [-0.1, -0.05) is 12.1 Å². The van der Waals surface area contributed by atoms with E-state index in [4.69, 9.17) is 24.4 Å². The standard InChI is InChI=1S/C24H29N5O4S/c1-16-14-32-11-9-28(16)23-20-7-8-21(18-5-4-6-19(13-18)34(3,30)31)25-22(20)26-24(27-23)29-10-12-33-15-17(29)2/h4-8,13,16-17H,9-12,14-15H2,1-3H3/t16-,17-/m0/s1. The Bertz CT molecular complexity index is 1320. The number of ether oxygens (including phenoxy) is 2. The molecule has 4 heterocycles. The number of hydrogen-bond acceptors (Lipinski definition) is 9. The van der Waals surface area contributed by atoms with Crippen LogP contribution in [0.4, 0.5) is 11.8 Å². The van der Waals surface area contributed by atoms with E-state index in [1.165, 1.54) is 6.26 Å². The van der Waals surface area contributed by atoms with Gasteiger partial charge in [0.25, 0.3) is 0 Å². The Morgan fingerprint density at radius 1 is 0.912 bits per heavy atom. The fraction of sp³-hybridized carbons (Fsp3) is 0.458. The van der Waals surface area contributed by atoms with Crippen LogP contribution in [0.1, 0.15) is 13.8 Å². The zero-order chi connectivity index (χ0) is 23.9. The summed E-state index contributed by atoms with van der Waals surface area (Å²) in [5.74, 6) is 1.48. The summed E-state index contributed by atoms with van der Waals surface area (Å²) in [7, 11) is -3.32. The SMILES string of the molecule is C[C@H]1COCCN1c1nc(N2CCOC[C@@H]2C)c2ccc(-c3cccc(S(C)(=O)=O)c3)nc2n1. The monoisotopic (exact) mass is 483 g/mol. The molecular weight excluding hydrogens is 454 g/mol. The molecule has 0 N–H and O–H groups in total. The average molecular weight is 484 g/mol. The van der Waals surface area contributed by atoms with Gasteiger partial charge in [0.2, 0.25) is 5.95 Å². The summed E-state index contributed by atoms with van der Waals surface area (Å²) >= 11 is 0. The van der Waals surface area contributed by atoms with Gasteiger partial charge in [0.15, 0.2) is 15.5 Å². The molecule has 2 fully saturated rings. The Morgan fingerprint density at radius 3 is 2.29 bits per heavy atom. The third-order valence-electron chi connectivity index (χ3n) is 6.35. The highest BCUT2D eigenvalue weighted by Gasteiger charge is 2.27. The predicted octanol–water partition coefficient (Wildman–Crippen LogP) is 2.55. The molecule has 10 heteroatoms. The van der Waals surface area contributed by atoms with Gasteiger partial charge in [0, 0.05) is 24.9 Å². The minimum absolute atomic E-state index is 0.149. The number of morpholine rings is 2. The number of rotatable bonds is 4. The van der Waals surface area contributed by atoms with Crippen LogP contribution in [0.25, 0.3) is 22.3 Å². The molecule has 0 unspecified atom stereocenters. The normalized spacial score (nSPS) is 21.7. The van der Waals surface area contributed by atoms with Crippen molar-refractivity contribution in [1.82, 2.24) is 15.0 Å². The van der Waals surface area contributed by atoms with Crippen LogP contribution >= 0.6 is 0 Å². The van der Waals surface area contributed by atoms with E-state index in [1.807, 2.05) is 18.2 Å². The smallest absolute Gasteiger partial charge is 0.229 e. The fourth-order valence-corrected chi connectivity index (χ4v) is 5.11. The lowest BCUT2D eigenvalue weighted by molar-refractivity contribution is 0.0973. The molecule has 2 aromatic heterocycles. The second-order valence-corrected chi connectivity index (χ2v) is 11.0. The van der Waals surface area contributed by atoms with Gasteiger partial charge in [-0.15, -0.1) is 0 Å². The largest absolute Gasteiger partial charge is 0.377 e. The molecule has 0 amide bonds. The maximum absolute atomic E-state index is 12.1. The Hall–Kier alpha value is -2.82. The maximum atomic E-state index is 12.1. The highest BCUT2D eigenvalue weighted by atomic mass is 32.2. The molecule has 0 spiro atoms. The van der Waals surface area contributed by atoms with Crippen molar-refractivity contribution in [3.63, 3.8) is 0 Å². The first-order valence-electron chi connectivity index (χ1n) is 11.5. The summed E-state index contributed by atoms with van der Waals surface area (Å²) in [6.45, 7) is 8.20. The van der Waals surface area contributed by atoms with E-state index in [9.17, 15) is 8.42 Å². The molecule has 9 nitrogen and oxygen atoms in total. The Kier molecular flexibility index (Phi) is 6.13. The number of fused-ring (bicyclic) bond motifs is 1. The molecule has 2 atom stereocenters. The number of anilines is 2. The van der Waals surface area contributed by atoms with E-state index in [1.54, 1.807) is 18.2 Å². The molecule has 5 rings (SSSR count). The van der Waals surface area contributed by atoms with Gasteiger partial charge in [0.05, 0.1) is 54.5 Å². The number of benzene rings is 1. The third kappa shape index (κ3) is 4.45. The second kappa shape index (κ2) is 9.09. The molecule has 34 heavy (non-hydrogen) atoms. The van der Waals surface area contributed by atoms with Crippen LogP contribution in [-0.2, 0) is 19.3 Å². The van der Waals surface area contributed by atoms with Crippen LogP contribution in [-0.4, -0.2) is 81.2 Å². The molecule has 0 radical (unpaired) electrons. The molecule has 0 saturated carbocycles. The summed E-state index contributed by atoms with van der Waals surface area (Å²) in [5.41, 5.74) is 1.98. The zero-order valence-electron chi connectivity index (χ0n) is 19.6. The van der Waals surface area contributed by atoms with Gasteiger partial charge in [-0.3, -0.25) is 0 Å². The second-order valence-electron chi connectivity index (χ2n) is 8.95. The van der Waals surface area contributed by atoms with Gasteiger partial charge < -0.3 is 19.3 Å². The Labute approximate surface area is 199 Å². The number of nitrogens with zero attached hydrogens (tertiary/aromatic N) is 5. The fourth-order valence-electron chi connectivity index (χ4n) is 4.44. The third-order valence-corrected chi connectivity index (χ3v) is 7.46. The van der Waals surface area contributed by atoms with Crippen molar-refractivity contribution >= 4 is 32.6 Å². The summed E-state index contributed by atoms with van der Waals surface area (Å²) < 4.78 is 35.4. The number of hydrogen-bond donors (Lipinski definition) is 0. The average Bonchev–Trinajstić information content (AvgIpc) is 2.83. The lowest BCUT2D eigenvalue weighted by Gasteiger charge is -2.37. The highest BCUT2D eigenvalue weighted by Crippen LogP contribution is 2.31. The Balaban J connectivity index is 1.65. The van der Waals surface area contributed by atoms with Gasteiger partial charge >= 0.3 is 0 Å². The summed E-state index contributed by atoms with van der Waals surface area (Å²) in [6.07, 6.45) is 1.21. The summed E-state index contributed by atoms with van der Waals surface area (Å²) in [4.78, 5) is 19.4. The first-order chi connectivity index (χ1) is 16.3. The topological polar surface area (TPSA) is 97.8 Å². The molecule has 2 aliphatic rings. The molecule has 3 aromatic rings. The van der Waals surface area contributed by atoms with E-state index < -0.39 is 9.84 Å². The first-order valence-corrected chi connectivity index (χ1v) is 13.4. The molecule has 0 aliphatic carbocycles. The van der Waals surface area contributed by atoms with Crippen molar-refractivity contribution in [2.75, 3.05) is 55.6 Å². The maximum Gasteiger partial charge on any atom is 0.229 e. The molecule has 2 saturated heterocycles. The highest BCUT2D eigenvalue weighted by molar-refractivity contribution is 7.90. The minimum atomic E-state index is -3.32. The quantitative estimate of drug-likeness (QED) is 0.554. The van der Waals surface area contributed by atoms with Crippen LogP contribution in [0.3, 0.4) is 0 Å². The van der Waals surface area contributed by atoms with Gasteiger partial charge in [-0.2, -0.15) is 9.97 Å². The van der Waals surface area contributed by atoms with E-state index >= 15 is 0 Å². The van der Waals surface area contributed by atoms with Crippen molar-refractivity contribution in [2.45, 2.75) is 30.8 Å². The minimum Gasteiger partial charge on any atom is -0.377 e. The Morgan fingerprint density at radius 2 is 1.62 bits per heavy atom. The van der Waals surface area contributed by atoms with E-state index in [0.717, 1.165) is 23.3 Å². The van der Waals surface area contributed by atoms with Crippen LogP contribution < -0.4 is 9.80 Å². The van der Waals surface area contributed by atoms with Crippen LogP contribution in [0.15, 0.2) is 41.3 Å². The van der Waals surface area contributed by atoms with E-state index in [2.05, 4.69) is 23.6 Å². The number of sulfone groups is 1. The van der Waals surface area contributed by atoms with Crippen molar-refractivity contribution in [3.05, 3.63) is 36.4 Å². The number of aromatic nitrogens is 3. The zero-order valence-corrected chi connectivity index (χ0v) is 20.5. The van der Waals surface area contributed by atoms with Crippen LogP contribution in [0.5, 0.6) is 0 Å². The van der Waals surface area contributed by atoms with Crippen LogP contribution in [0, 0.1) is 0 Å². The lowest BCUT2D eigenvalue weighted by atomic mass is 10.1. The lowest BCUT2D eigenvalue weighted by Crippen LogP contribution is -2.46. The predicted molar refractivity (Wildman–Crippen MR) is 131 cm³/mol. The van der Waals surface area contributed by atoms with Crippen molar-refractivity contribution in [1.29, 1.82) is 0 Å². The summed E-state index contributed by atoms with van der Waals surface area (Å²) in [5, 5.41) is 0.862. The molecule has 180 valence electrons. The first kappa shape index (κ1) is 22.9. The van der Waals surface area contributed by atoms with Crippen LogP contribution in [0.2, 0.25) is 0 Å². The molecular formula is C24H29N5O4S. The van der Waals surface area contributed by atoms with E-state index in [-0.39, 0.29) is 17.0 Å². The molecule has 1 aromatic carbocycles. The van der Waals surface area contributed by atoms with Crippen molar-refractivity contribution < 1.29 is 17.9 Å². The van der Waals surface area contributed by atoms with Crippen molar-refractivity contribution in [3.8, 4) is 11.3 Å². The molecule has 0 bridgehead atoms. The van der Waals surface area contributed by atoms with Gasteiger partial charge in [0.1, 0.15) is 5.82 Å².